The molecule has 1 fully saturated rings. The van der Waals surface area contributed by atoms with Gasteiger partial charge in [0, 0.05) is 22.6 Å². The van der Waals surface area contributed by atoms with Crippen molar-refractivity contribution < 1.29 is 14.8 Å². The van der Waals surface area contributed by atoms with Crippen LogP contribution in [0.1, 0.15) is 36.5 Å². The molecule has 1 aliphatic heterocycles. The summed E-state index contributed by atoms with van der Waals surface area (Å²) in [5, 5.41) is 22.4. The van der Waals surface area contributed by atoms with E-state index in [1.165, 1.54) is 6.92 Å². The number of hydrogen-bond acceptors (Lipinski definition) is 5. The lowest BCUT2D eigenvalue weighted by Gasteiger charge is -2.41. The Morgan fingerprint density at radius 1 is 1.21 bits per heavy atom. The van der Waals surface area contributed by atoms with E-state index >= 15 is 0 Å². The first-order valence-electron chi connectivity index (χ1n) is 7.82. The lowest BCUT2D eigenvalue weighted by atomic mass is 9.79. The van der Waals surface area contributed by atoms with E-state index in [0.717, 1.165) is 5.56 Å². The smallest absolute Gasteiger partial charge is 0.250 e. The third-order valence-corrected chi connectivity index (χ3v) is 4.48. The zero-order valence-corrected chi connectivity index (χ0v) is 13.3. The number of benzene rings is 2. The average molecular weight is 328 g/mol. The second-order valence-corrected chi connectivity index (χ2v) is 6.34. The van der Waals surface area contributed by atoms with Gasteiger partial charge in [-0.1, -0.05) is 48.5 Å². The third kappa shape index (κ3) is 3.11. The highest BCUT2D eigenvalue weighted by Crippen LogP contribution is 2.46. The van der Waals surface area contributed by atoms with Gasteiger partial charge >= 0.3 is 0 Å². The van der Waals surface area contributed by atoms with Crippen molar-refractivity contribution in [1.82, 2.24) is 0 Å². The van der Waals surface area contributed by atoms with Crippen molar-refractivity contribution in [3.05, 3.63) is 75.8 Å². The molecule has 24 heavy (non-hydrogen) atoms. The summed E-state index contributed by atoms with van der Waals surface area (Å²) < 4.78 is 5.70. The molecule has 0 spiro atoms. The van der Waals surface area contributed by atoms with Crippen LogP contribution in [0.25, 0.3) is 0 Å². The molecule has 0 saturated carbocycles. The molecule has 1 saturated heterocycles. The summed E-state index contributed by atoms with van der Waals surface area (Å²) in [6.07, 6.45) is -0.776. The Morgan fingerprint density at radius 3 is 2.46 bits per heavy atom. The number of ether oxygens (including phenoxy) is 1. The Balaban J connectivity index is 2.10. The van der Waals surface area contributed by atoms with Gasteiger partial charge in [-0.05, 0) is 18.6 Å². The molecule has 2 aromatic carbocycles. The van der Waals surface area contributed by atoms with Gasteiger partial charge in [0.25, 0.3) is 0 Å². The molecule has 6 nitrogen and oxygen atoms in total. The molecule has 4 atom stereocenters. The van der Waals surface area contributed by atoms with Crippen molar-refractivity contribution in [2.75, 3.05) is 5.73 Å². The summed E-state index contributed by atoms with van der Waals surface area (Å²) in [6, 6.07) is 15.1. The van der Waals surface area contributed by atoms with Gasteiger partial charge in [0.2, 0.25) is 6.04 Å². The average Bonchev–Trinajstić information content (AvgIpc) is 2.54. The summed E-state index contributed by atoms with van der Waals surface area (Å²) in [5.74, 6) is -1.95. The molecule has 6 heteroatoms. The van der Waals surface area contributed by atoms with Gasteiger partial charge in [-0.2, -0.15) is 0 Å². The van der Waals surface area contributed by atoms with Crippen molar-refractivity contribution in [1.29, 1.82) is 0 Å². The fourth-order valence-electron chi connectivity index (χ4n) is 3.42. The van der Waals surface area contributed by atoms with Crippen LogP contribution in [-0.4, -0.2) is 21.9 Å². The minimum absolute atomic E-state index is 0.145. The van der Waals surface area contributed by atoms with Gasteiger partial charge in [0.15, 0.2) is 11.9 Å². The predicted molar refractivity (Wildman–Crippen MR) is 89.9 cm³/mol. The van der Waals surface area contributed by atoms with Crippen molar-refractivity contribution in [3.8, 4) is 0 Å². The van der Waals surface area contributed by atoms with Gasteiger partial charge in [0.05, 0.1) is 5.92 Å². The topological polar surface area (TPSA) is 98.6 Å². The van der Waals surface area contributed by atoms with Crippen LogP contribution in [0.3, 0.4) is 0 Å². The van der Waals surface area contributed by atoms with Crippen LogP contribution in [0, 0.1) is 10.1 Å². The summed E-state index contributed by atoms with van der Waals surface area (Å²) in [4.78, 5) is 11.5. The first kappa shape index (κ1) is 16.4. The fourth-order valence-corrected chi connectivity index (χ4v) is 3.42. The van der Waals surface area contributed by atoms with Gasteiger partial charge in [-0.25, -0.2) is 0 Å². The highest BCUT2D eigenvalue weighted by molar-refractivity contribution is 5.48. The number of nitrogens with zero attached hydrogens (tertiary/aromatic N) is 1. The molecular formula is C18H20N2O4. The largest absolute Gasteiger partial charge is 0.398 e. The lowest BCUT2D eigenvalue weighted by molar-refractivity contribution is -0.555. The van der Waals surface area contributed by atoms with E-state index in [1.807, 2.05) is 30.3 Å². The summed E-state index contributed by atoms with van der Waals surface area (Å²) in [7, 11) is 0. The zero-order chi connectivity index (χ0) is 17.3. The lowest BCUT2D eigenvalue weighted by Crippen LogP contribution is -2.48. The molecule has 1 aliphatic rings. The maximum Gasteiger partial charge on any atom is 0.250 e. The summed E-state index contributed by atoms with van der Waals surface area (Å²) in [6.45, 7) is 1.53. The van der Waals surface area contributed by atoms with Crippen molar-refractivity contribution in [2.24, 2.45) is 0 Å². The molecule has 1 unspecified atom stereocenters. The van der Waals surface area contributed by atoms with Crippen LogP contribution in [0.15, 0.2) is 54.6 Å². The van der Waals surface area contributed by atoms with E-state index < -0.39 is 23.9 Å². The number of aliphatic hydroxyl groups is 1. The highest BCUT2D eigenvalue weighted by atomic mass is 16.7. The van der Waals surface area contributed by atoms with E-state index in [-0.39, 0.29) is 11.3 Å². The number of nitrogen functional groups attached to an aromatic ring is 1. The Hall–Kier alpha value is -2.44. The van der Waals surface area contributed by atoms with E-state index in [2.05, 4.69) is 0 Å². The SMILES string of the molecule is CC1(O)C[C@@H](c2ccccc2)[C@H]([N+](=O)[O-])[C@@H](c2ccccc2N)O1. The Labute approximate surface area is 140 Å². The van der Waals surface area contributed by atoms with Crippen LogP contribution in [0.2, 0.25) is 0 Å². The standard InChI is InChI=1S/C18H20N2O4/c1-18(21)11-14(12-7-3-2-4-8-12)16(20(22)23)17(24-18)13-9-5-6-10-15(13)19/h2-10,14,16-17,21H,11,19H2,1H3/t14-,16-,17+,18?/m0/s1. The zero-order valence-electron chi connectivity index (χ0n) is 13.3. The van der Waals surface area contributed by atoms with Gasteiger partial charge in [-0.3, -0.25) is 10.1 Å². The number of para-hydroxylation sites is 1. The molecule has 126 valence electrons. The van der Waals surface area contributed by atoms with E-state index in [9.17, 15) is 15.2 Å². The summed E-state index contributed by atoms with van der Waals surface area (Å²) in [5.41, 5.74) is 7.75. The maximum atomic E-state index is 11.8. The molecule has 3 N–H and O–H groups in total. The number of nitrogens with two attached hydrogens (primary N) is 1. The number of nitro groups is 1. The second-order valence-electron chi connectivity index (χ2n) is 6.34. The van der Waals surface area contributed by atoms with Crippen LogP contribution in [-0.2, 0) is 4.74 Å². The summed E-state index contributed by atoms with van der Waals surface area (Å²) >= 11 is 0. The fraction of sp³-hybridized carbons (Fsp3) is 0.333. The molecule has 0 aromatic heterocycles. The van der Waals surface area contributed by atoms with E-state index in [4.69, 9.17) is 10.5 Å². The van der Waals surface area contributed by atoms with Gasteiger partial charge in [-0.15, -0.1) is 0 Å². The van der Waals surface area contributed by atoms with Crippen LogP contribution < -0.4 is 5.73 Å². The monoisotopic (exact) mass is 328 g/mol. The molecule has 0 amide bonds. The number of anilines is 1. The first-order valence-corrected chi connectivity index (χ1v) is 7.82. The Kier molecular flexibility index (Phi) is 4.26. The Bertz CT molecular complexity index is 733. The quantitative estimate of drug-likeness (QED) is 0.513. The third-order valence-electron chi connectivity index (χ3n) is 4.48. The van der Waals surface area contributed by atoms with Crippen molar-refractivity contribution in [3.63, 3.8) is 0 Å². The normalized spacial score (nSPS) is 30.0. The van der Waals surface area contributed by atoms with Crippen LogP contribution in [0.5, 0.6) is 0 Å². The predicted octanol–water partition coefficient (Wildman–Crippen LogP) is 2.87. The van der Waals surface area contributed by atoms with Gasteiger partial charge in [0.1, 0.15) is 0 Å². The molecule has 0 aliphatic carbocycles. The molecule has 3 rings (SSSR count). The minimum atomic E-state index is -1.47. The number of hydrogen-bond donors (Lipinski definition) is 2. The molecule has 0 radical (unpaired) electrons. The van der Waals surface area contributed by atoms with Crippen LogP contribution in [0.4, 0.5) is 5.69 Å². The highest BCUT2D eigenvalue weighted by Gasteiger charge is 2.51. The van der Waals surface area contributed by atoms with Crippen molar-refractivity contribution in [2.45, 2.75) is 37.2 Å². The molecule has 0 bridgehead atoms. The Morgan fingerprint density at radius 2 is 1.83 bits per heavy atom. The molecular weight excluding hydrogens is 308 g/mol. The van der Waals surface area contributed by atoms with E-state index in [1.54, 1.807) is 24.3 Å². The number of rotatable bonds is 3. The minimum Gasteiger partial charge on any atom is -0.398 e. The van der Waals surface area contributed by atoms with Gasteiger partial charge < -0.3 is 15.6 Å². The maximum absolute atomic E-state index is 11.8. The second kappa shape index (κ2) is 6.22. The molecule has 2 aromatic rings. The van der Waals surface area contributed by atoms with Crippen molar-refractivity contribution >= 4 is 5.69 Å². The molecule has 1 heterocycles. The van der Waals surface area contributed by atoms with E-state index in [0.29, 0.717) is 11.3 Å². The first-order chi connectivity index (χ1) is 11.4. The van der Waals surface area contributed by atoms with Crippen LogP contribution >= 0.6 is 0 Å².